The first-order chi connectivity index (χ1) is 9.83. The molecule has 0 saturated heterocycles. The van der Waals surface area contributed by atoms with E-state index >= 15 is 0 Å². The van der Waals surface area contributed by atoms with Gasteiger partial charge in [0.15, 0.2) is 0 Å². The minimum absolute atomic E-state index is 0.0709. The predicted molar refractivity (Wildman–Crippen MR) is 80.1 cm³/mol. The van der Waals surface area contributed by atoms with Crippen LogP contribution in [0.4, 0.5) is 13.2 Å². The van der Waals surface area contributed by atoms with Crippen LogP contribution in [0.1, 0.15) is 31.2 Å². The van der Waals surface area contributed by atoms with Crippen LogP contribution in [0.2, 0.25) is 0 Å². The van der Waals surface area contributed by atoms with Crippen molar-refractivity contribution in [2.45, 2.75) is 54.7 Å². The van der Waals surface area contributed by atoms with Gasteiger partial charge in [-0.3, -0.25) is 4.90 Å². The zero-order valence-electron chi connectivity index (χ0n) is 12.1. The van der Waals surface area contributed by atoms with Crippen LogP contribution in [0.5, 0.6) is 0 Å². The fourth-order valence-electron chi connectivity index (χ4n) is 2.76. The van der Waals surface area contributed by atoms with Gasteiger partial charge in [0, 0.05) is 23.5 Å². The molecule has 1 aliphatic carbocycles. The van der Waals surface area contributed by atoms with Crippen molar-refractivity contribution in [1.29, 1.82) is 0 Å². The van der Waals surface area contributed by atoms with Gasteiger partial charge in [0.25, 0.3) is 0 Å². The summed E-state index contributed by atoms with van der Waals surface area (Å²) in [5.41, 5.74) is 2.72. The smallest absolute Gasteiger partial charge is 0.328 e. The molecule has 1 aromatic carbocycles. The minimum atomic E-state index is -4.22. The minimum Gasteiger partial charge on any atom is -0.328 e. The van der Waals surface area contributed by atoms with Crippen molar-refractivity contribution in [1.82, 2.24) is 4.90 Å². The molecule has 2 nitrogen and oxygen atoms in total. The molecule has 1 aromatic rings. The maximum absolute atomic E-state index is 12.3. The van der Waals surface area contributed by atoms with E-state index in [0.29, 0.717) is 12.1 Å². The average molecular weight is 318 g/mol. The van der Waals surface area contributed by atoms with E-state index in [1.54, 1.807) is 12.1 Å². The number of rotatable bonds is 4. The summed E-state index contributed by atoms with van der Waals surface area (Å²) in [6, 6.07) is 7.48. The lowest BCUT2D eigenvalue weighted by atomic mass is 9.91. The van der Waals surface area contributed by atoms with Crippen molar-refractivity contribution >= 4 is 11.8 Å². The Labute approximate surface area is 127 Å². The number of halogens is 3. The van der Waals surface area contributed by atoms with Gasteiger partial charge in [-0.05, 0) is 62.2 Å². The monoisotopic (exact) mass is 318 g/mol. The Morgan fingerprint density at radius 2 is 1.71 bits per heavy atom. The zero-order valence-corrected chi connectivity index (χ0v) is 12.9. The summed E-state index contributed by atoms with van der Waals surface area (Å²) < 4.78 is 36.8. The highest BCUT2D eigenvalue weighted by Crippen LogP contribution is 2.36. The lowest BCUT2D eigenvalue weighted by Crippen LogP contribution is -2.38. The van der Waals surface area contributed by atoms with Crippen molar-refractivity contribution in [3.05, 3.63) is 29.8 Å². The van der Waals surface area contributed by atoms with Crippen LogP contribution in [0.15, 0.2) is 29.2 Å². The number of benzene rings is 1. The second-order valence-electron chi connectivity index (χ2n) is 5.68. The second kappa shape index (κ2) is 7.03. The number of nitrogens with zero attached hydrogens (tertiary/aromatic N) is 1. The third-order valence-electron chi connectivity index (χ3n) is 3.95. The zero-order chi connectivity index (χ0) is 15.5. The molecule has 0 amide bonds. The summed E-state index contributed by atoms with van der Waals surface area (Å²) in [6.45, 7) is 0.761. The average Bonchev–Trinajstić information content (AvgIpc) is 2.40. The Hall–Kier alpha value is -0.720. The molecular weight excluding hydrogens is 297 g/mol. The highest BCUT2D eigenvalue weighted by Gasteiger charge is 2.29. The van der Waals surface area contributed by atoms with Crippen molar-refractivity contribution < 1.29 is 13.2 Å². The van der Waals surface area contributed by atoms with Crippen LogP contribution in [-0.4, -0.2) is 29.5 Å². The topological polar surface area (TPSA) is 29.3 Å². The van der Waals surface area contributed by atoms with E-state index in [2.05, 4.69) is 11.9 Å². The molecular formula is C15H21F3N2S. The molecule has 0 spiro atoms. The standard InChI is InChI=1S/C15H21F3N2S/c1-20(13-6-4-12(19)5-7-13)10-11-2-8-14(9-3-11)21-15(16,17)18/h2-3,8-9,12-13H,4-7,10,19H2,1H3. The number of alkyl halides is 3. The first-order valence-electron chi connectivity index (χ1n) is 7.14. The molecule has 2 N–H and O–H groups in total. The van der Waals surface area contributed by atoms with Crippen LogP contribution in [0.3, 0.4) is 0 Å². The van der Waals surface area contributed by atoms with Gasteiger partial charge in [-0.2, -0.15) is 13.2 Å². The van der Waals surface area contributed by atoms with E-state index in [1.807, 2.05) is 0 Å². The van der Waals surface area contributed by atoms with Gasteiger partial charge in [0.05, 0.1) is 0 Å². The molecule has 0 unspecified atom stereocenters. The molecule has 118 valence electrons. The fraction of sp³-hybridized carbons (Fsp3) is 0.600. The quantitative estimate of drug-likeness (QED) is 0.851. The van der Waals surface area contributed by atoms with Crippen LogP contribution >= 0.6 is 11.8 Å². The van der Waals surface area contributed by atoms with Gasteiger partial charge >= 0.3 is 5.51 Å². The highest BCUT2D eigenvalue weighted by atomic mass is 32.2. The van der Waals surface area contributed by atoms with Crippen LogP contribution in [-0.2, 0) is 6.54 Å². The molecule has 0 aliphatic heterocycles. The fourth-order valence-corrected chi connectivity index (χ4v) is 3.30. The summed E-state index contributed by atoms with van der Waals surface area (Å²) in [6.07, 6.45) is 4.30. The largest absolute Gasteiger partial charge is 0.446 e. The second-order valence-corrected chi connectivity index (χ2v) is 6.81. The van der Waals surface area contributed by atoms with Gasteiger partial charge in [-0.15, -0.1) is 0 Å². The Balaban J connectivity index is 1.88. The van der Waals surface area contributed by atoms with E-state index in [-0.39, 0.29) is 16.7 Å². The molecule has 0 atom stereocenters. The Bertz CT molecular complexity index is 439. The van der Waals surface area contributed by atoms with E-state index in [9.17, 15) is 13.2 Å². The van der Waals surface area contributed by atoms with E-state index < -0.39 is 5.51 Å². The molecule has 1 fully saturated rings. The number of thioether (sulfide) groups is 1. The summed E-state index contributed by atoms with van der Waals surface area (Å²) in [7, 11) is 2.07. The predicted octanol–water partition coefficient (Wildman–Crippen LogP) is 4.00. The first kappa shape index (κ1) is 16.6. The summed E-state index contributed by atoms with van der Waals surface area (Å²) >= 11 is -0.0709. The number of hydrogen-bond donors (Lipinski definition) is 1. The van der Waals surface area contributed by atoms with Gasteiger partial charge in [-0.1, -0.05) is 12.1 Å². The highest BCUT2D eigenvalue weighted by molar-refractivity contribution is 8.00. The Morgan fingerprint density at radius 3 is 2.24 bits per heavy atom. The van der Waals surface area contributed by atoms with Crippen LogP contribution in [0, 0.1) is 0 Å². The molecule has 1 aliphatic rings. The lowest BCUT2D eigenvalue weighted by Gasteiger charge is -2.33. The summed E-state index contributed by atoms with van der Waals surface area (Å²) in [5, 5.41) is 0. The van der Waals surface area contributed by atoms with Gasteiger partial charge in [0.2, 0.25) is 0 Å². The van der Waals surface area contributed by atoms with Gasteiger partial charge in [-0.25, -0.2) is 0 Å². The molecule has 6 heteroatoms. The van der Waals surface area contributed by atoms with Crippen molar-refractivity contribution in [2.75, 3.05) is 7.05 Å². The van der Waals surface area contributed by atoms with Crippen molar-refractivity contribution in [3.8, 4) is 0 Å². The molecule has 0 radical (unpaired) electrons. The summed E-state index contributed by atoms with van der Waals surface area (Å²) in [5.74, 6) is 0. The third kappa shape index (κ3) is 5.52. The molecule has 0 bridgehead atoms. The van der Waals surface area contributed by atoms with E-state index in [0.717, 1.165) is 37.8 Å². The van der Waals surface area contributed by atoms with Gasteiger partial charge in [0.1, 0.15) is 0 Å². The maximum Gasteiger partial charge on any atom is 0.446 e. The van der Waals surface area contributed by atoms with Gasteiger partial charge < -0.3 is 5.73 Å². The Morgan fingerprint density at radius 1 is 1.14 bits per heavy atom. The normalized spacial score (nSPS) is 23.5. The third-order valence-corrected chi connectivity index (χ3v) is 4.69. The first-order valence-corrected chi connectivity index (χ1v) is 7.95. The molecule has 0 aromatic heterocycles. The molecule has 1 saturated carbocycles. The van der Waals surface area contributed by atoms with Crippen molar-refractivity contribution in [2.24, 2.45) is 5.73 Å². The van der Waals surface area contributed by atoms with Crippen molar-refractivity contribution in [3.63, 3.8) is 0 Å². The summed E-state index contributed by atoms with van der Waals surface area (Å²) in [4.78, 5) is 2.51. The van der Waals surface area contributed by atoms with Crippen LogP contribution in [0.25, 0.3) is 0 Å². The number of hydrogen-bond acceptors (Lipinski definition) is 3. The maximum atomic E-state index is 12.3. The molecule has 21 heavy (non-hydrogen) atoms. The molecule has 0 heterocycles. The van der Waals surface area contributed by atoms with E-state index in [4.69, 9.17) is 5.73 Å². The van der Waals surface area contributed by atoms with Crippen LogP contribution < -0.4 is 5.73 Å². The lowest BCUT2D eigenvalue weighted by molar-refractivity contribution is -0.0328. The SMILES string of the molecule is CN(Cc1ccc(SC(F)(F)F)cc1)C1CCC(N)CC1. The number of nitrogens with two attached hydrogens (primary N) is 1. The Kier molecular flexibility index (Phi) is 5.57. The van der Waals surface area contributed by atoms with E-state index in [1.165, 1.54) is 12.1 Å². The molecule has 2 rings (SSSR count).